The first-order valence-electron chi connectivity index (χ1n) is 3.95. The van der Waals surface area contributed by atoms with Gasteiger partial charge in [-0.1, -0.05) is 27.7 Å². The summed E-state index contributed by atoms with van der Waals surface area (Å²) < 4.78 is 1.42. The Morgan fingerprint density at radius 2 is 2.08 bits per heavy atom. The highest BCUT2D eigenvalue weighted by Gasteiger charge is 2.09. The number of rotatable bonds is 0. The van der Waals surface area contributed by atoms with Crippen molar-refractivity contribution in [2.45, 2.75) is 4.90 Å². The molecule has 0 unspecified atom stereocenters. The van der Waals surface area contributed by atoms with Crippen molar-refractivity contribution >= 4 is 49.1 Å². The van der Waals surface area contributed by atoms with Gasteiger partial charge in [0, 0.05) is 15.2 Å². The van der Waals surface area contributed by atoms with E-state index in [0.717, 1.165) is 0 Å². The van der Waals surface area contributed by atoms with Crippen LogP contribution in [-0.2, 0) is 0 Å². The van der Waals surface area contributed by atoms with Crippen molar-refractivity contribution in [3.63, 3.8) is 0 Å². The molecule has 0 spiro atoms. The van der Waals surface area contributed by atoms with E-state index < -0.39 is 0 Å². The van der Waals surface area contributed by atoms with Gasteiger partial charge in [0.25, 0.3) is 0 Å². The van der Waals surface area contributed by atoms with Crippen LogP contribution in [0.2, 0.25) is 0 Å². The summed E-state index contributed by atoms with van der Waals surface area (Å²) >= 11 is 1.83. The molecule has 3 rings (SSSR count). The largest absolute Gasteiger partial charge is 0.143 e. The number of thiophene rings is 1. The fraction of sp³-hybridized carbons (Fsp3) is 0. The van der Waals surface area contributed by atoms with Crippen LogP contribution in [0.15, 0.2) is 33.9 Å². The minimum atomic E-state index is 1.36. The number of benzene rings is 1. The van der Waals surface area contributed by atoms with Gasteiger partial charge in [0.1, 0.15) is 0 Å². The summed E-state index contributed by atoms with van der Waals surface area (Å²) in [5.41, 5.74) is 1.40. The molecule has 1 aromatic heterocycles. The van der Waals surface area contributed by atoms with E-state index in [-0.39, 0.29) is 0 Å². The highest BCUT2D eigenvalue weighted by Crippen LogP contribution is 2.43. The average molecular weight is 222 g/mol. The SMILES string of the molecule is C1=Cc2c(ccc3ccsc23)SS1. The molecular formula is C10H6S3. The van der Waals surface area contributed by atoms with Gasteiger partial charge in [-0.2, -0.15) is 0 Å². The predicted octanol–water partition coefficient (Wildman–Crippen LogP) is 4.63. The van der Waals surface area contributed by atoms with Crippen LogP contribution in [0.4, 0.5) is 0 Å². The molecule has 0 N–H and O–H groups in total. The van der Waals surface area contributed by atoms with Gasteiger partial charge in [0.05, 0.1) is 0 Å². The topological polar surface area (TPSA) is 0 Å². The fourth-order valence-electron chi connectivity index (χ4n) is 1.44. The van der Waals surface area contributed by atoms with Gasteiger partial charge in [0.15, 0.2) is 0 Å². The third kappa shape index (κ3) is 1.23. The van der Waals surface area contributed by atoms with Gasteiger partial charge < -0.3 is 0 Å². The van der Waals surface area contributed by atoms with Crippen molar-refractivity contribution in [1.29, 1.82) is 0 Å². The Bertz CT molecular complexity index is 482. The van der Waals surface area contributed by atoms with Crippen LogP contribution in [0.1, 0.15) is 5.56 Å². The smallest absolute Gasteiger partial charge is 0.0426 e. The van der Waals surface area contributed by atoms with E-state index >= 15 is 0 Å². The molecule has 13 heavy (non-hydrogen) atoms. The second kappa shape index (κ2) is 3.08. The summed E-state index contributed by atoms with van der Waals surface area (Å²) in [5, 5.41) is 5.68. The molecule has 0 aliphatic carbocycles. The molecule has 0 nitrogen and oxygen atoms in total. The Hall–Kier alpha value is -0.380. The highest BCUT2D eigenvalue weighted by atomic mass is 33.1. The van der Waals surface area contributed by atoms with E-state index in [1.807, 2.05) is 22.1 Å². The summed E-state index contributed by atoms with van der Waals surface area (Å²) in [7, 11) is 3.63. The zero-order valence-corrected chi connectivity index (χ0v) is 9.14. The van der Waals surface area contributed by atoms with Gasteiger partial charge in [0.2, 0.25) is 0 Å². The Balaban J connectivity index is 2.43. The summed E-state index contributed by atoms with van der Waals surface area (Å²) in [6.45, 7) is 0. The van der Waals surface area contributed by atoms with Crippen LogP contribution < -0.4 is 0 Å². The van der Waals surface area contributed by atoms with Crippen molar-refractivity contribution in [1.82, 2.24) is 0 Å². The van der Waals surface area contributed by atoms with E-state index in [1.54, 1.807) is 10.8 Å². The Labute approximate surface area is 88.4 Å². The van der Waals surface area contributed by atoms with Crippen molar-refractivity contribution in [2.75, 3.05) is 0 Å². The summed E-state index contributed by atoms with van der Waals surface area (Å²) in [5.74, 6) is 0. The van der Waals surface area contributed by atoms with Gasteiger partial charge in [-0.3, -0.25) is 0 Å². The molecule has 0 bridgehead atoms. The first-order valence-corrected chi connectivity index (χ1v) is 7.04. The van der Waals surface area contributed by atoms with E-state index in [9.17, 15) is 0 Å². The summed E-state index contributed by atoms with van der Waals surface area (Å²) in [4.78, 5) is 1.39. The van der Waals surface area contributed by atoms with E-state index in [1.165, 1.54) is 20.5 Å². The fourth-order valence-corrected chi connectivity index (χ4v) is 4.25. The first kappa shape index (κ1) is 7.97. The van der Waals surface area contributed by atoms with Crippen molar-refractivity contribution in [3.05, 3.63) is 34.6 Å². The monoisotopic (exact) mass is 222 g/mol. The maximum Gasteiger partial charge on any atom is 0.0426 e. The minimum absolute atomic E-state index is 1.36. The van der Waals surface area contributed by atoms with Crippen LogP contribution in [0, 0.1) is 0 Å². The molecule has 1 aliphatic rings. The lowest BCUT2D eigenvalue weighted by molar-refractivity contribution is 1.50. The van der Waals surface area contributed by atoms with Gasteiger partial charge in [-0.15, -0.1) is 11.3 Å². The molecule has 1 aliphatic heterocycles. The molecule has 0 amide bonds. The van der Waals surface area contributed by atoms with Crippen LogP contribution in [0.3, 0.4) is 0 Å². The summed E-state index contributed by atoms with van der Waals surface area (Å²) in [6.07, 6.45) is 2.22. The molecule has 2 heterocycles. The van der Waals surface area contributed by atoms with Crippen LogP contribution in [0.5, 0.6) is 0 Å². The van der Waals surface area contributed by atoms with E-state index in [0.29, 0.717) is 0 Å². The first-order chi connectivity index (χ1) is 6.45. The Morgan fingerprint density at radius 3 is 3.08 bits per heavy atom. The van der Waals surface area contributed by atoms with Crippen molar-refractivity contribution in [2.24, 2.45) is 0 Å². The van der Waals surface area contributed by atoms with Crippen molar-refractivity contribution in [3.8, 4) is 0 Å². The van der Waals surface area contributed by atoms with Crippen LogP contribution >= 0.6 is 32.9 Å². The molecule has 1 aromatic carbocycles. The molecule has 2 aromatic rings. The number of hydrogen-bond acceptors (Lipinski definition) is 3. The standard InChI is InChI=1S/C10H6S3/c1-2-9-8(4-6-12-13-9)10-7(1)3-5-11-10/h1-6H. The minimum Gasteiger partial charge on any atom is -0.143 e. The lowest BCUT2D eigenvalue weighted by Crippen LogP contribution is -1.80. The molecule has 64 valence electrons. The predicted molar refractivity (Wildman–Crippen MR) is 64.3 cm³/mol. The molecule has 0 saturated heterocycles. The van der Waals surface area contributed by atoms with Crippen molar-refractivity contribution < 1.29 is 0 Å². The Kier molecular flexibility index (Phi) is 1.89. The number of hydrogen-bond donors (Lipinski definition) is 0. The molecule has 0 atom stereocenters. The lowest BCUT2D eigenvalue weighted by Gasteiger charge is -2.08. The second-order valence-corrected chi connectivity index (χ2v) is 5.86. The van der Waals surface area contributed by atoms with Gasteiger partial charge in [-0.05, 0) is 34.4 Å². The molecule has 0 saturated carbocycles. The number of fused-ring (bicyclic) bond motifs is 3. The lowest BCUT2D eigenvalue weighted by atomic mass is 10.1. The van der Waals surface area contributed by atoms with Gasteiger partial charge in [-0.25, -0.2) is 0 Å². The quantitative estimate of drug-likeness (QED) is 0.596. The second-order valence-electron chi connectivity index (χ2n) is 2.80. The van der Waals surface area contributed by atoms with E-state index in [2.05, 4.69) is 35.1 Å². The molecular weight excluding hydrogens is 216 g/mol. The van der Waals surface area contributed by atoms with E-state index in [4.69, 9.17) is 0 Å². The Morgan fingerprint density at radius 1 is 1.08 bits per heavy atom. The van der Waals surface area contributed by atoms with Gasteiger partial charge >= 0.3 is 0 Å². The maximum absolute atomic E-state index is 2.22. The van der Waals surface area contributed by atoms with Crippen LogP contribution in [0.25, 0.3) is 16.2 Å². The van der Waals surface area contributed by atoms with Crippen LogP contribution in [-0.4, -0.2) is 0 Å². The third-order valence-corrected chi connectivity index (χ3v) is 5.05. The average Bonchev–Trinajstić information content (AvgIpc) is 2.65. The normalized spacial score (nSPS) is 14.8. The highest BCUT2D eigenvalue weighted by molar-refractivity contribution is 8.78. The molecule has 3 heteroatoms. The molecule has 0 fully saturated rings. The molecule has 0 radical (unpaired) electrons. The zero-order chi connectivity index (χ0) is 8.67. The zero-order valence-electron chi connectivity index (χ0n) is 6.69. The third-order valence-electron chi connectivity index (χ3n) is 2.05. The maximum atomic E-state index is 2.22. The summed E-state index contributed by atoms with van der Waals surface area (Å²) in [6, 6.07) is 6.60.